The Morgan fingerprint density at radius 2 is 1.73 bits per heavy atom. The number of carbonyl (C=O) groups excluding carboxylic acids is 3. The molecule has 4 rings (SSSR count). The van der Waals surface area contributed by atoms with E-state index >= 15 is 0 Å². The van der Waals surface area contributed by atoms with Gasteiger partial charge in [-0.2, -0.15) is 0 Å². The Balaban J connectivity index is 1.61. The van der Waals surface area contributed by atoms with Gasteiger partial charge < -0.3 is 9.32 Å². The molecule has 33 heavy (non-hydrogen) atoms. The zero-order valence-corrected chi connectivity index (χ0v) is 18.3. The number of benzene rings is 2. The smallest absolute Gasteiger partial charge is 0.290 e. The van der Waals surface area contributed by atoms with Crippen LogP contribution in [0.25, 0.3) is 0 Å². The Labute approximate surface area is 190 Å². The van der Waals surface area contributed by atoms with Crippen LogP contribution in [-0.2, 0) is 26.0 Å². The fourth-order valence-corrected chi connectivity index (χ4v) is 4.27. The topological polar surface area (TPSA) is 131 Å². The third kappa shape index (κ3) is 4.71. The Kier molecular flexibility index (Phi) is 6.12. The second-order valence-corrected chi connectivity index (χ2v) is 9.10. The fourth-order valence-electron chi connectivity index (χ4n) is 3.75. The highest BCUT2D eigenvalue weighted by atomic mass is 32.2. The monoisotopic (exact) mass is 467 g/mol. The van der Waals surface area contributed by atoms with Gasteiger partial charge in [-0.1, -0.05) is 30.3 Å². The lowest BCUT2D eigenvalue weighted by Crippen LogP contribution is -2.46. The molecule has 3 amide bonds. The van der Waals surface area contributed by atoms with Gasteiger partial charge in [0.05, 0.1) is 23.3 Å². The number of hydrogen-bond donors (Lipinski definition) is 1. The van der Waals surface area contributed by atoms with Crippen molar-refractivity contribution in [2.45, 2.75) is 23.8 Å². The second kappa shape index (κ2) is 9.00. The zero-order chi connectivity index (χ0) is 23.6. The van der Waals surface area contributed by atoms with E-state index in [9.17, 15) is 22.8 Å². The molecule has 1 aromatic heterocycles. The highest BCUT2D eigenvalue weighted by Gasteiger charge is 2.44. The van der Waals surface area contributed by atoms with Crippen molar-refractivity contribution in [1.29, 1.82) is 0 Å². The molecule has 1 unspecified atom stereocenters. The predicted octanol–water partition coefficient (Wildman–Crippen LogP) is 1.94. The highest BCUT2D eigenvalue weighted by molar-refractivity contribution is 7.89. The molecular formula is C23H21N3O6S. The van der Waals surface area contributed by atoms with E-state index in [1.807, 2.05) is 30.3 Å². The number of nitrogens with two attached hydrogens (primary N) is 1. The second-order valence-electron chi connectivity index (χ2n) is 7.54. The van der Waals surface area contributed by atoms with Crippen LogP contribution in [0.15, 0.2) is 82.3 Å². The molecular weight excluding hydrogens is 446 g/mol. The van der Waals surface area contributed by atoms with Gasteiger partial charge in [-0.15, -0.1) is 0 Å². The summed E-state index contributed by atoms with van der Waals surface area (Å²) in [6, 6.07) is 16.6. The van der Waals surface area contributed by atoms with Gasteiger partial charge in [0.2, 0.25) is 15.9 Å². The Hall–Kier alpha value is -3.76. The molecule has 0 aliphatic carbocycles. The maximum atomic E-state index is 13.3. The van der Waals surface area contributed by atoms with E-state index in [1.165, 1.54) is 41.5 Å². The molecule has 0 radical (unpaired) electrons. The molecule has 1 aliphatic rings. The van der Waals surface area contributed by atoms with Crippen molar-refractivity contribution >= 4 is 33.4 Å². The molecule has 1 saturated heterocycles. The van der Waals surface area contributed by atoms with Gasteiger partial charge in [0.25, 0.3) is 11.8 Å². The van der Waals surface area contributed by atoms with Gasteiger partial charge in [-0.05, 0) is 48.4 Å². The highest BCUT2D eigenvalue weighted by Crippen LogP contribution is 2.28. The average molecular weight is 468 g/mol. The summed E-state index contributed by atoms with van der Waals surface area (Å²) in [5.74, 6) is -1.49. The van der Waals surface area contributed by atoms with Gasteiger partial charge in [0.1, 0.15) is 6.04 Å². The number of imide groups is 1. The number of anilines is 1. The molecule has 2 heterocycles. The molecule has 3 aromatic rings. The molecule has 9 nitrogen and oxygen atoms in total. The molecule has 170 valence electrons. The summed E-state index contributed by atoms with van der Waals surface area (Å²) in [5.41, 5.74) is 1.18. The summed E-state index contributed by atoms with van der Waals surface area (Å²) in [6.07, 6.45) is 1.65. The molecule has 0 spiro atoms. The number of furan rings is 1. The summed E-state index contributed by atoms with van der Waals surface area (Å²) in [6.45, 7) is 0.200. The van der Waals surface area contributed by atoms with Gasteiger partial charge in [-0.3, -0.25) is 14.4 Å². The Morgan fingerprint density at radius 1 is 1.03 bits per heavy atom. The van der Waals surface area contributed by atoms with Gasteiger partial charge >= 0.3 is 0 Å². The van der Waals surface area contributed by atoms with Crippen molar-refractivity contribution in [2.24, 2.45) is 5.14 Å². The third-order valence-electron chi connectivity index (χ3n) is 5.40. The predicted molar refractivity (Wildman–Crippen MR) is 119 cm³/mol. The number of hydrogen-bond acceptors (Lipinski definition) is 6. The van der Waals surface area contributed by atoms with Gasteiger partial charge in [-0.25, -0.2) is 18.5 Å². The summed E-state index contributed by atoms with van der Waals surface area (Å²) in [4.78, 5) is 41.3. The SMILES string of the molecule is NS(=O)(=O)c1ccc(N2C(=O)CC(N(CCc3ccccc3)C(=O)c3ccco3)C2=O)cc1. The minimum absolute atomic E-state index is 0.0688. The standard InChI is InChI=1S/C23H21N3O6S/c24-33(30,31)18-10-8-17(9-11-18)26-21(27)15-19(22(26)28)25(23(29)20-7-4-14-32-20)13-12-16-5-2-1-3-6-16/h1-11,14,19H,12-13,15H2,(H2,24,30,31). The fraction of sp³-hybridized carbons (Fsp3) is 0.174. The van der Waals surface area contributed by atoms with Crippen molar-refractivity contribution in [2.75, 3.05) is 11.4 Å². The molecule has 1 fully saturated rings. The van der Waals surface area contributed by atoms with Crippen LogP contribution in [0.5, 0.6) is 0 Å². The number of rotatable bonds is 7. The number of primary sulfonamides is 1. The molecule has 10 heteroatoms. The van der Waals surface area contributed by atoms with Crippen LogP contribution in [0, 0.1) is 0 Å². The molecule has 1 aliphatic heterocycles. The summed E-state index contributed by atoms with van der Waals surface area (Å²) in [5, 5.41) is 5.11. The maximum Gasteiger partial charge on any atom is 0.290 e. The minimum atomic E-state index is -3.92. The lowest BCUT2D eigenvalue weighted by Gasteiger charge is -2.27. The van der Waals surface area contributed by atoms with E-state index in [4.69, 9.17) is 9.56 Å². The van der Waals surface area contributed by atoms with Crippen LogP contribution in [0.3, 0.4) is 0 Å². The minimum Gasteiger partial charge on any atom is -0.459 e. The molecule has 0 saturated carbocycles. The first kappa shape index (κ1) is 22.4. The molecule has 0 bridgehead atoms. The lowest BCUT2D eigenvalue weighted by molar-refractivity contribution is -0.122. The van der Waals surface area contributed by atoms with E-state index in [1.54, 1.807) is 6.07 Å². The van der Waals surface area contributed by atoms with Crippen molar-refractivity contribution in [3.8, 4) is 0 Å². The number of sulfonamides is 1. The van der Waals surface area contributed by atoms with E-state index < -0.39 is 33.8 Å². The quantitative estimate of drug-likeness (QED) is 0.529. The van der Waals surface area contributed by atoms with Crippen LogP contribution in [0.1, 0.15) is 22.5 Å². The van der Waals surface area contributed by atoms with Crippen LogP contribution in [0.4, 0.5) is 5.69 Å². The van der Waals surface area contributed by atoms with Crippen LogP contribution >= 0.6 is 0 Å². The number of nitrogens with zero attached hydrogens (tertiary/aromatic N) is 2. The maximum absolute atomic E-state index is 13.3. The van der Waals surface area contributed by atoms with Crippen molar-refractivity contribution < 1.29 is 27.2 Å². The number of amides is 3. The van der Waals surface area contributed by atoms with Crippen LogP contribution < -0.4 is 10.0 Å². The number of carbonyl (C=O) groups is 3. The van der Waals surface area contributed by atoms with E-state index in [0.717, 1.165) is 10.5 Å². The first-order valence-electron chi connectivity index (χ1n) is 10.1. The third-order valence-corrected chi connectivity index (χ3v) is 6.33. The molecule has 2 aromatic carbocycles. The largest absolute Gasteiger partial charge is 0.459 e. The van der Waals surface area contributed by atoms with E-state index in [2.05, 4.69) is 0 Å². The Morgan fingerprint density at radius 3 is 2.33 bits per heavy atom. The van der Waals surface area contributed by atoms with Gasteiger partial charge in [0, 0.05) is 6.54 Å². The summed E-state index contributed by atoms with van der Waals surface area (Å²) < 4.78 is 28.2. The van der Waals surface area contributed by atoms with Crippen LogP contribution in [0.2, 0.25) is 0 Å². The lowest BCUT2D eigenvalue weighted by atomic mass is 10.1. The first-order valence-corrected chi connectivity index (χ1v) is 11.7. The Bertz CT molecular complexity index is 1270. The molecule has 2 N–H and O–H groups in total. The first-order chi connectivity index (χ1) is 15.8. The summed E-state index contributed by atoms with van der Waals surface area (Å²) in [7, 11) is -3.92. The van der Waals surface area contributed by atoms with Crippen molar-refractivity contribution in [3.05, 3.63) is 84.3 Å². The van der Waals surface area contributed by atoms with E-state index in [0.29, 0.717) is 6.42 Å². The van der Waals surface area contributed by atoms with Crippen molar-refractivity contribution in [1.82, 2.24) is 4.90 Å². The van der Waals surface area contributed by atoms with Gasteiger partial charge in [0.15, 0.2) is 5.76 Å². The van der Waals surface area contributed by atoms with Crippen LogP contribution in [-0.4, -0.2) is 43.6 Å². The van der Waals surface area contributed by atoms with Crippen molar-refractivity contribution in [3.63, 3.8) is 0 Å². The molecule has 1 atom stereocenters. The summed E-state index contributed by atoms with van der Waals surface area (Å²) >= 11 is 0. The van der Waals surface area contributed by atoms with E-state index in [-0.39, 0.29) is 29.3 Å². The normalized spacial score (nSPS) is 16.3. The average Bonchev–Trinajstić information content (AvgIpc) is 3.43. The zero-order valence-electron chi connectivity index (χ0n) is 17.5.